The van der Waals surface area contributed by atoms with Gasteiger partial charge in [0.2, 0.25) is 5.91 Å². The van der Waals surface area contributed by atoms with E-state index in [0.29, 0.717) is 0 Å². The van der Waals surface area contributed by atoms with Crippen molar-refractivity contribution in [3.05, 3.63) is 0 Å². The van der Waals surface area contributed by atoms with Crippen molar-refractivity contribution in [2.24, 2.45) is 11.5 Å². The number of hydrogen-bond acceptors (Lipinski definition) is 6. The molecule has 0 spiro atoms. The number of carbonyl (C=O) groups is 2. The topological polar surface area (TPSA) is 202 Å². The number of ether oxygens (including phenoxy) is 1. The Balaban J connectivity index is 3.18. The van der Waals surface area contributed by atoms with E-state index < -0.39 is 55.0 Å². The van der Waals surface area contributed by atoms with E-state index in [9.17, 15) is 19.8 Å². The second-order valence-electron chi connectivity index (χ2n) is 5.34. The van der Waals surface area contributed by atoms with Crippen LogP contribution in [0.4, 0.5) is 0 Å². The highest BCUT2D eigenvalue weighted by molar-refractivity contribution is 5.74. The van der Waals surface area contributed by atoms with Crippen molar-refractivity contribution in [3.63, 3.8) is 0 Å². The van der Waals surface area contributed by atoms with E-state index in [1.165, 1.54) is 6.92 Å². The van der Waals surface area contributed by atoms with Crippen LogP contribution in [-0.2, 0) is 14.3 Å². The molecule has 1 amide bonds. The summed E-state index contributed by atoms with van der Waals surface area (Å²) < 4.78 is 5.29. The van der Waals surface area contributed by atoms with Crippen molar-refractivity contribution in [1.29, 1.82) is 0 Å². The summed E-state index contributed by atoms with van der Waals surface area (Å²) >= 11 is 0. The van der Waals surface area contributed by atoms with E-state index >= 15 is 0 Å². The van der Waals surface area contributed by atoms with Crippen LogP contribution >= 0.6 is 0 Å². The Morgan fingerprint density at radius 1 is 1.39 bits per heavy atom. The van der Waals surface area contributed by atoms with E-state index in [1.54, 1.807) is 0 Å². The third kappa shape index (κ3) is 5.03. The molecule has 1 saturated heterocycles. The highest BCUT2D eigenvalue weighted by Crippen LogP contribution is 2.23. The maximum absolute atomic E-state index is 11.4. The lowest BCUT2D eigenvalue weighted by Crippen LogP contribution is -2.90. The summed E-state index contributed by atoms with van der Waals surface area (Å²) in [5.74, 6) is -1.96. The van der Waals surface area contributed by atoms with Crippen LogP contribution in [0.3, 0.4) is 0 Å². The Hall–Kier alpha value is -1.95. The van der Waals surface area contributed by atoms with Crippen molar-refractivity contribution in [2.45, 2.75) is 49.8 Å². The first-order chi connectivity index (χ1) is 10.7. The number of nitrogens with one attached hydrogen (secondary N) is 2. The summed E-state index contributed by atoms with van der Waals surface area (Å²) in [6.07, 6.45) is -5.92. The molecule has 1 heterocycles. The number of carboxylic acid groups (broad SMARTS) is 1. The van der Waals surface area contributed by atoms with Gasteiger partial charge in [-0.1, -0.05) is 0 Å². The SMILES string of the molecule is CC(=O)N[C@H]1[C@H]([C@H](O)[C@H](O)CO)O[C@@H](C(=O)O)C[C@@H]1[NH+]=C(N)N. The molecule has 11 nitrogen and oxygen atoms in total. The zero-order chi connectivity index (χ0) is 17.7. The van der Waals surface area contributed by atoms with Crippen LogP contribution in [-0.4, -0.2) is 81.4 Å². The Morgan fingerprint density at radius 3 is 2.43 bits per heavy atom. The van der Waals surface area contributed by atoms with E-state index in [0.717, 1.165) is 0 Å². The summed E-state index contributed by atoms with van der Waals surface area (Å²) in [6.45, 7) is 0.455. The highest BCUT2D eigenvalue weighted by Gasteiger charge is 2.47. The summed E-state index contributed by atoms with van der Waals surface area (Å²) in [5, 5.41) is 40.3. The van der Waals surface area contributed by atoms with Crippen molar-refractivity contribution in [3.8, 4) is 0 Å². The predicted molar refractivity (Wildman–Crippen MR) is 75.8 cm³/mol. The standard InChI is InChI=1S/C12H22N4O7/c1-4(18)15-8-5(16-12(13)14)2-7(11(21)22)23-10(8)9(20)6(19)3-17/h5-10,17,19-20H,2-3H2,1H3,(H,15,18)(H,21,22)(H4,13,14,16)/p+1/t5-,6+,7+,8+,9+,10+/m0/s1. The number of carbonyl (C=O) groups excluding carboxylic acids is 1. The second kappa shape index (κ2) is 8.06. The number of rotatable bonds is 6. The van der Waals surface area contributed by atoms with Gasteiger partial charge in [-0.2, -0.15) is 0 Å². The molecule has 0 unspecified atom stereocenters. The van der Waals surface area contributed by atoms with Crippen molar-refractivity contribution in [1.82, 2.24) is 5.32 Å². The first-order valence-corrected chi connectivity index (χ1v) is 6.94. The number of hydrogen-bond donors (Lipinski definition) is 8. The van der Waals surface area contributed by atoms with Gasteiger partial charge in [0.05, 0.1) is 12.6 Å². The Kier molecular flexibility index (Phi) is 6.69. The normalized spacial score (nSPS) is 30.1. The molecule has 1 aliphatic heterocycles. The number of amides is 1. The number of aliphatic carboxylic acids is 1. The fourth-order valence-electron chi connectivity index (χ4n) is 2.50. The number of aliphatic hydroxyl groups excluding tert-OH is 3. The van der Waals surface area contributed by atoms with Crippen LogP contribution in [0.2, 0.25) is 0 Å². The average molecular weight is 335 g/mol. The summed E-state index contributed by atoms with van der Waals surface area (Å²) in [7, 11) is 0. The number of carboxylic acids is 1. The minimum atomic E-state index is -1.64. The Morgan fingerprint density at radius 2 is 2.00 bits per heavy atom. The van der Waals surface area contributed by atoms with Gasteiger partial charge in [0.15, 0.2) is 6.10 Å². The van der Waals surface area contributed by atoms with E-state index in [4.69, 9.17) is 26.4 Å². The molecular formula is C12H23N4O7+. The van der Waals surface area contributed by atoms with Crippen LogP contribution in [0.15, 0.2) is 0 Å². The molecule has 0 aromatic rings. The van der Waals surface area contributed by atoms with Gasteiger partial charge in [-0.15, -0.1) is 0 Å². The molecule has 1 fully saturated rings. The van der Waals surface area contributed by atoms with E-state index in [1.807, 2.05) is 0 Å². The molecule has 11 heteroatoms. The molecular weight excluding hydrogens is 312 g/mol. The lowest BCUT2D eigenvalue weighted by atomic mass is 9.88. The number of guanidine groups is 1. The molecule has 0 aromatic heterocycles. The highest BCUT2D eigenvalue weighted by atomic mass is 16.5. The first-order valence-electron chi connectivity index (χ1n) is 6.94. The van der Waals surface area contributed by atoms with Gasteiger partial charge in [-0.25, -0.2) is 4.79 Å². The maximum atomic E-state index is 11.4. The minimum Gasteiger partial charge on any atom is -0.479 e. The van der Waals surface area contributed by atoms with Gasteiger partial charge >= 0.3 is 11.9 Å². The van der Waals surface area contributed by atoms with Crippen LogP contribution in [0, 0.1) is 0 Å². The van der Waals surface area contributed by atoms with Crippen LogP contribution in [0.25, 0.3) is 0 Å². The van der Waals surface area contributed by atoms with Crippen molar-refractivity contribution < 1.29 is 39.7 Å². The maximum Gasteiger partial charge on any atom is 0.339 e. The lowest BCUT2D eigenvalue weighted by Gasteiger charge is -2.41. The largest absolute Gasteiger partial charge is 0.479 e. The third-order valence-corrected chi connectivity index (χ3v) is 3.49. The van der Waals surface area contributed by atoms with Gasteiger partial charge in [0, 0.05) is 13.3 Å². The predicted octanol–water partition coefficient (Wildman–Crippen LogP) is -5.83. The van der Waals surface area contributed by atoms with Crippen LogP contribution in [0.5, 0.6) is 0 Å². The van der Waals surface area contributed by atoms with Crippen molar-refractivity contribution >= 4 is 17.8 Å². The molecule has 0 saturated carbocycles. The Labute approximate surface area is 131 Å². The third-order valence-electron chi connectivity index (χ3n) is 3.49. The first kappa shape index (κ1) is 19.1. The number of nitrogens with two attached hydrogens (primary N) is 2. The molecule has 6 atom stereocenters. The smallest absolute Gasteiger partial charge is 0.339 e. The van der Waals surface area contributed by atoms with Crippen LogP contribution < -0.4 is 21.8 Å². The van der Waals surface area contributed by atoms with Gasteiger partial charge < -0.3 is 30.5 Å². The van der Waals surface area contributed by atoms with Gasteiger partial charge in [0.1, 0.15) is 24.4 Å². The fourth-order valence-corrected chi connectivity index (χ4v) is 2.50. The molecule has 0 aliphatic carbocycles. The van der Waals surface area contributed by atoms with E-state index in [2.05, 4.69) is 10.3 Å². The van der Waals surface area contributed by atoms with Crippen LogP contribution in [0.1, 0.15) is 13.3 Å². The van der Waals surface area contributed by atoms with Gasteiger partial charge in [-0.05, 0) is 0 Å². The zero-order valence-corrected chi connectivity index (χ0v) is 12.5. The summed E-state index contributed by atoms with van der Waals surface area (Å²) in [6, 6.07) is -1.69. The summed E-state index contributed by atoms with van der Waals surface area (Å²) in [5.41, 5.74) is 10.8. The average Bonchev–Trinajstić information content (AvgIpc) is 2.45. The molecule has 1 aliphatic rings. The quantitative estimate of drug-likeness (QED) is 0.172. The zero-order valence-electron chi connectivity index (χ0n) is 12.5. The second-order valence-corrected chi connectivity index (χ2v) is 5.34. The van der Waals surface area contributed by atoms with Crippen molar-refractivity contribution in [2.75, 3.05) is 6.61 Å². The molecule has 23 heavy (non-hydrogen) atoms. The fraction of sp³-hybridized carbons (Fsp3) is 0.750. The Bertz CT molecular complexity index is 468. The molecule has 10 N–H and O–H groups in total. The lowest BCUT2D eigenvalue weighted by molar-refractivity contribution is -0.522. The molecule has 132 valence electrons. The van der Waals surface area contributed by atoms with E-state index in [-0.39, 0.29) is 12.4 Å². The monoisotopic (exact) mass is 335 g/mol. The molecule has 0 bridgehead atoms. The van der Waals surface area contributed by atoms with Gasteiger partial charge in [-0.3, -0.25) is 21.3 Å². The molecule has 1 rings (SSSR count). The minimum absolute atomic E-state index is 0.0867. The molecule has 0 aromatic carbocycles. The van der Waals surface area contributed by atoms with Gasteiger partial charge in [0.25, 0.3) is 0 Å². The summed E-state index contributed by atoms with van der Waals surface area (Å²) in [4.78, 5) is 25.2. The number of aliphatic hydroxyl groups is 3. The molecule has 0 radical (unpaired) electrons.